The number of ether oxygens (including phenoxy) is 1. The van der Waals surface area contributed by atoms with Crippen LogP contribution in [0.25, 0.3) is 0 Å². The van der Waals surface area contributed by atoms with E-state index in [9.17, 15) is 0 Å². The second kappa shape index (κ2) is 13.6. The molecule has 1 unspecified atom stereocenters. The summed E-state index contributed by atoms with van der Waals surface area (Å²) in [6.07, 6.45) is 1.11. The first-order valence-electron chi connectivity index (χ1n) is 7.64. The van der Waals surface area contributed by atoms with Crippen molar-refractivity contribution >= 4 is 29.9 Å². The summed E-state index contributed by atoms with van der Waals surface area (Å²) in [4.78, 5) is 6.73. The van der Waals surface area contributed by atoms with E-state index in [4.69, 9.17) is 4.74 Å². The number of hydrogen-bond acceptors (Lipinski definition) is 3. The quantitative estimate of drug-likeness (QED) is 0.263. The van der Waals surface area contributed by atoms with E-state index in [0.717, 1.165) is 25.5 Å². The number of rotatable bonds is 9. The first kappa shape index (κ1) is 23.2. The fourth-order valence-electron chi connectivity index (χ4n) is 2.30. The number of halogens is 1. The smallest absolute Gasteiger partial charge is 0.191 e. The van der Waals surface area contributed by atoms with Gasteiger partial charge in [0, 0.05) is 45.4 Å². The highest BCUT2D eigenvalue weighted by molar-refractivity contribution is 14.0. The molecule has 0 bridgehead atoms. The van der Waals surface area contributed by atoms with Gasteiger partial charge in [-0.3, -0.25) is 9.89 Å². The largest absolute Gasteiger partial charge is 0.383 e. The van der Waals surface area contributed by atoms with Gasteiger partial charge < -0.3 is 15.4 Å². The van der Waals surface area contributed by atoms with E-state index in [2.05, 4.69) is 55.1 Å². The summed E-state index contributed by atoms with van der Waals surface area (Å²) in [5.41, 5.74) is 0. The van der Waals surface area contributed by atoms with Crippen LogP contribution in [0.2, 0.25) is 0 Å². The number of guanidine groups is 1. The molecule has 6 heteroatoms. The Balaban J connectivity index is 0. The Morgan fingerprint density at radius 2 is 1.71 bits per heavy atom. The molecule has 0 aromatic rings. The Bertz CT molecular complexity index is 264. The monoisotopic (exact) mass is 414 g/mol. The molecule has 0 saturated heterocycles. The lowest BCUT2D eigenvalue weighted by atomic mass is 10.2. The lowest BCUT2D eigenvalue weighted by molar-refractivity contribution is 0.173. The second-order valence-electron chi connectivity index (χ2n) is 5.78. The molecule has 0 spiro atoms. The van der Waals surface area contributed by atoms with Crippen molar-refractivity contribution in [1.82, 2.24) is 15.5 Å². The standard InChI is InChI=1S/C15H34N4O.HI/c1-12(2)19(13(3)4)10-8-9-17-15(16-6)18-14(5)11-20-7;/h12-14H,8-11H2,1-7H3,(H2,16,17,18);1H. The SMILES string of the molecule is CN=C(NCCCN(C(C)C)C(C)C)NC(C)COC.I. The van der Waals surface area contributed by atoms with E-state index < -0.39 is 0 Å². The third-order valence-corrected chi connectivity index (χ3v) is 3.24. The van der Waals surface area contributed by atoms with E-state index >= 15 is 0 Å². The van der Waals surface area contributed by atoms with Gasteiger partial charge in [0.1, 0.15) is 0 Å². The summed E-state index contributed by atoms with van der Waals surface area (Å²) in [5.74, 6) is 0.843. The predicted molar refractivity (Wildman–Crippen MR) is 103 cm³/mol. The van der Waals surface area contributed by atoms with Gasteiger partial charge in [0.15, 0.2) is 5.96 Å². The fourth-order valence-corrected chi connectivity index (χ4v) is 2.30. The predicted octanol–water partition coefficient (Wildman–Crippen LogP) is 2.31. The molecule has 0 rings (SSSR count). The number of hydrogen-bond donors (Lipinski definition) is 2. The molecule has 5 nitrogen and oxygen atoms in total. The summed E-state index contributed by atoms with van der Waals surface area (Å²) < 4.78 is 5.11. The molecule has 0 aromatic carbocycles. The number of methoxy groups -OCH3 is 1. The summed E-state index contributed by atoms with van der Waals surface area (Å²) in [6.45, 7) is 13.8. The fraction of sp³-hybridized carbons (Fsp3) is 0.933. The highest BCUT2D eigenvalue weighted by Gasteiger charge is 2.12. The lowest BCUT2D eigenvalue weighted by Gasteiger charge is -2.30. The van der Waals surface area contributed by atoms with E-state index in [-0.39, 0.29) is 30.0 Å². The minimum Gasteiger partial charge on any atom is -0.383 e. The minimum atomic E-state index is 0. The normalized spacial score (nSPS) is 13.5. The Kier molecular flexibility index (Phi) is 15.0. The zero-order valence-electron chi connectivity index (χ0n) is 14.8. The maximum atomic E-state index is 5.11. The molecule has 21 heavy (non-hydrogen) atoms. The summed E-state index contributed by atoms with van der Waals surface area (Å²) in [6, 6.07) is 1.44. The van der Waals surface area contributed by atoms with Crippen LogP contribution in [0.4, 0.5) is 0 Å². The maximum absolute atomic E-state index is 5.11. The summed E-state index contributed by atoms with van der Waals surface area (Å²) >= 11 is 0. The molecule has 0 saturated carbocycles. The molecule has 0 fully saturated rings. The van der Waals surface area contributed by atoms with Gasteiger partial charge in [0.25, 0.3) is 0 Å². The van der Waals surface area contributed by atoms with Gasteiger partial charge in [-0.1, -0.05) is 0 Å². The van der Waals surface area contributed by atoms with Crippen molar-refractivity contribution in [3.05, 3.63) is 0 Å². The highest BCUT2D eigenvalue weighted by Crippen LogP contribution is 2.05. The number of aliphatic imine (C=N–C) groups is 1. The molecule has 0 aliphatic rings. The highest BCUT2D eigenvalue weighted by atomic mass is 127. The Hall–Kier alpha value is -0.0800. The average Bonchev–Trinajstić information content (AvgIpc) is 2.36. The molecule has 0 amide bonds. The molecule has 2 N–H and O–H groups in total. The van der Waals surface area contributed by atoms with Crippen LogP contribution in [0.5, 0.6) is 0 Å². The van der Waals surface area contributed by atoms with Crippen LogP contribution in [0.1, 0.15) is 41.0 Å². The van der Waals surface area contributed by atoms with Crippen molar-refractivity contribution in [2.45, 2.75) is 59.2 Å². The maximum Gasteiger partial charge on any atom is 0.191 e. The van der Waals surface area contributed by atoms with Crippen molar-refractivity contribution < 1.29 is 4.74 Å². The molecule has 0 radical (unpaired) electrons. The molecule has 0 heterocycles. The van der Waals surface area contributed by atoms with Gasteiger partial charge in [-0.05, 0) is 41.0 Å². The molecule has 0 aliphatic heterocycles. The van der Waals surface area contributed by atoms with Gasteiger partial charge in [-0.2, -0.15) is 0 Å². The van der Waals surface area contributed by atoms with Crippen molar-refractivity contribution in [3.8, 4) is 0 Å². The topological polar surface area (TPSA) is 48.9 Å². The summed E-state index contributed by atoms with van der Waals surface area (Å²) in [7, 11) is 3.50. The van der Waals surface area contributed by atoms with Gasteiger partial charge in [0.05, 0.1) is 6.61 Å². The lowest BCUT2D eigenvalue weighted by Crippen LogP contribution is -2.45. The van der Waals surface area contributed by atoms with Crippen LogP contribution in [-0.4, -0.2) is 62.8 Å². The molecule has 1 atom stereocenters. The molecular formula is C15H35IN4O. The van der Waals surface area contributed by atoms with Crippen LogP contribution >= 0.6 is 24.0 Å². The zero-order chi connectivity index (χ0) is 15.5. The van der Waals surface area contributed by atoms with E-state index in [1.807, 2.05) is 0 Å². The Morgan fingerprint density at radius 1 is 1.14 bits per heavy atom. The average molecular weight is 414 g/mol. The Labute approximate surface area is 148 Å². The van der Waals surface area contributed by atoms with Crippen LogP contribution in [-0.2, 0) is 4.74 Å². The number of nitrogens with one attached hydrogen (secondary N) is 2. The van der Waals surface area contributed by atoms with E-state index in [1.54, 1.807) is 14.2 Å². The molecule has 0 aliphatic carbocycles. The number of nitrogens with zero attached hydrogens (tertiary/aromatic N) is 2. The second-order valence-corrected chi connectivity index (χ2v) is 5.78. The van der Waals surface area contributed by atoms with Gasteiger partial charge in [0.2, 0.25) is 0 Å². The zero-order valence-corrected chi connectivity index (χ0v) is 17.1. The first-order chi connectivity index (χ1) is 9.42. The first-order valence-corrected chi connectivity index (χ1v) is 7.64. The van der Waals surface area contributed by atoms with Gasteiger partial charge >= 0.3 is 0 Å². The molecule has 0 aromatic heterocycles. The van der Waals surface area contributed by atoms with Crippen molar-refractivity contribution in [2.24, 2.45) is 4.99 Å². The Morgan fingerprint density at radius 3 is 2.14 bits per heavy atom. The van der Waals surface area contributed by atoms with Crippen molar-refractivity contribution in [1.29, 1.82) is 0 Å². The minimum absolute atomic E-state index is 0. The third kappa shape index (κ3) is 11.2. The molecular weight excluding hydrogens is 379 g/mol. The van der Waals surface area contributed by atoms with Gasteiger partial charge in [-0.15, -0.1) is 24.0 Å². The van der Waals surface area contributed by atoms with Crippen LogP contribution in [0.3, 0.4) is 0 Å². The van der Waals surface area contributed by atoms with E-state index in [1.165, 1.54) is 0 Å². The third-order valence-electron chi connectivity index (χ3n) is 3.24. The van der Waals surface area contributed by atoms with Crippen molar-refractivity contribution in [3.63, 3.8) is 0 Å². The van der Waals surface area contributed by atoms with E-state index in [0.29, 0.717) is 18.7 Å². The molecule has 128 valence electrons. The summed E-state index contributed by atoms with van der Waals surface area (Å²) in [5, 5.41) is 6.65. The van der Waals surface area contributed by atoms with Crippen LogP contribution < -0.4 is 10.6 Å². The van der Waals surface area contributed by atoms with Crippen LogP contribution in [0, 0.1) is 0 Å². The van der Waals surface area contributed by atoms with Crippen LogP contribution in [0.15, 0.2) is 4.99 Å². The van der Waals surface area contributed by atoms with Crippen molar-refractivity contribution in [2.75, 3.05) is 33.9 Å². The van der Waals surface area contributed by atoms with Gasteiger partial charge in [-0.25, -0.2) is 0 Å².